The van der Waals surface area contributed by atoms with E-state index < -0.39 is 5.97 Å². The van der Waals surface area contributed by atoms with Crippen molar-refractivity contribution >= 4 is 33.6 Å². The molecule has 7 nitrogen and oxygen atoms in total. The third kappa shape index (κ3) is 3.82. The number of aryl methyl sites for hydroxylation is 1. The zero-order valence-corrected chi connectivity index (χ0v) is 12.7. The quantitative estimate of drug-likeness (QED) is 0.677. The number of carbonyl (C=O) groups is 2. The van der Waals surface area contributed by atoms with Crippen LogP contribution in [0.15, 0.2) is 28.9 Å². The molecule has 0 spiro atoms. The maximum Gasteiger partial charge on any atom is 0.335 e. The molecule has 1 aromatic carbocycles. The molecule has 110 valence electrons. The molecule has 21 heavy (non-hydrogen) atoms. The van der Waals surface area contributed by atoms with Gasteiger partial charge in [-0.05, 0) is 41.1 Å². The lowest BCUT2D eigenvalue weighted by molar-refractivity contribution is 0.0697. The van der Waals surface area contributed by atoms with Crippen molar-refractivity contribution < 1.29 is 14.7 Å². The zero-order valence-electron chi connectivity index (χ0n) is 11.1. The molecule has 4 N–H and O–H groups in total. The van der Waals surface area contributed by atoms with Gasteiger partial charge in [0.25, 0.3) is 0 Å². The van der Waals surface area contributed by atoms with Crippen molar-refractivity contribution in [3.05, 3.63) is 45.7 Å². The van der Waals surface area contributed by atoms with Gasteiger partial charge in [-0.2, -0.15) is 5.10 Å². The van der Waals surface area contributed by atoms with Gasteiger partial charge in [0.15, 0.2) is 0 Å². The first-order valence-electron chi connectivity index (χ1n) is 6.04. The SMILES string of the molecule is Cc1[nH]ncc1CNC(=O)Nc1ccc(C(=O)O)cc1Br. The Labute approximate surface area is 128 Å². The molecule has 0 fully saturated rings. The van der Waals surface area contributed by atoms with E-state index in [1.165, 1.54) is 18.2 Å². The number of anilines is 1. The van der Waals surface area contributed by atoms with Gasteiger partial charge in [-0.15, -0.1) is 0 Å². The maximum atomic E-state index is 11.8. The second-order valence-electron chi connectivity index (χ2n) is 4.33. The molecular formula is C13H13BrN4O3. The second-order valence-corrected chi connectivity index (χ2v) is 5.18. The predicted molar refractivity (Wildman–Crippen MR) is 80.3 cm³/mol. The Morgan fingerprint density at radius 3 is 2.76 bits per heavy atom. The summed E-state index contributed by atoms with van der Waals surface area (Å²) >= 11 is 3.22. The lowest BCUT2D eigenvalue weighted by atomic mass is 10.2. The number of hydrogen-bond donors (Lipinski definition) is 4. The van der Waals surface area contributed by atoms with Crippen LogP contribution in [0.3, 0.4) is 0 Å². The molecule has 0 radical (unpaired) electrons. The average molecular weight is 353 g/mol. The van der Waals surface area contributed by atoms with Crippen molar-refractivity contribution in [2.45, 2.75) is 13.5 Å². The van der Waals surface area contributed by atoms with Crippen LogP contribution in [0, 0.1) is 6.92 Å². The van der Waals surface area contributed by atoms with E-state index in [1.807, 2.05) is 6.92 Å². The number of urea groups is 1. The summed E-state index contributed by atoms with van der Waals surface area (Å²) in [7, 11) is 0. The lowest BCUT2D eigenvalue weighted by Gasteiger charge is -2.09. The second kappa shape index (κ2) is 6.40. The minimum absolute atomic E-state index is 0.141. The van der Waals surface area contributed by atoms with E-state index in [4.69, 9.17) is 5.11 Å². The van der Waals surface area contributed by atoms with E-state index in [0.717, 1.165) is 11.3 Å². The fourth-order valence-electron chi connectivity index (χ4n) is 1.65. The van der Waals surface area contributed by atoms with Gasteiger partial charge in [0.1, 0.15) is 0 Å². The number of carbonyl (C=O) groups excluding carboxylic acids is 1. The standard InChI is InChI=1S/C13H13BrN4O3/c1-7-9(6-16-18-7)5-15-13(21)17-11-3-2-8(12(19)20)4-10(11)14/h2-4,6H,5H2,1H3,(H,16,18)(H,19,20)(H2,15,17,21). The normalized spacial score (nSPS) is 10.2. The van der Waals surface area contributed by atoms with Gasteiger partial charge >= 0.3 is 12.0 Å². The number of aromatic amines is 1. The summed E-state index contributed by atoms with van der Waals surface area (Å²) in [6.45, 7) is 2.21. The van der Waals surface area contributed by atoms with Gasteiger partial charge in [-0.3, -0.25) is 5.10 Å². The van der Waals surface area contributed by atoms with E-state index >= 15 is 0 Å². The highest BCUT2D eigenvalue weighted by Gasteiger charge is 2.09. The van der Waals surface area contributed by atoms with Gasteiger partial charge in [0.2, 0.25) is 0 Å². The van der Waals surface area contributed by atoms with Gasteiger partial charge in [-0.25, -0.2) is 9.59 Å². The number of amides is 2. The average Bonchev–Trinajstić information content (AvgIpc) is 2.84. The smallest absolute Gasteiger partial charge is 0.335 e. The van der Waals surface area contributed by atoms with Crippen molar-refractivity contribution in [2.75, 3.05) is 5.32 Å². The van der Waals surface area contributed by atoms with Crippen LogP contribution in [0.5, 0.6) is 0 Å². The molecule has 8 heteroatoms. The molecule has 1 aromatic heterocycles. The number of nitrogens with one attached hydrogen (secondary N) is 3. The molecule has 0 bridgehead atoms. The van der Waals surface area contributed by atoms with Gasteiger partial charge in [0.05, 0.1) is 17.4 Å². The van der Waals surface area contributed by atoms with Crippen LogP contribution in [0.2, 0.25) is 0 Å². The largest absolute Gasteiger partial charge is 0.478 e. The van der Waals surface area contributed by atoms with E-state index in [0.29, 0.717) is 16.7 Å². The number of H-pyrrole nitrogens is 1. The minimum atomic E-state index is -1.03. The van der Waals surface area contributed by atoms with Crippen LogP contribution < -0.4 is 10.6 Å². The Kier molecular flexibility index (Phi) is 4.59. The van der Waals surface area contributed by atoms with Crippen molar-refractivity contribution in [2.24, 2.45) is 0 Å². The van der Waals surface area contributed by atoms with Gasteiger partial charge in [-0.1, -0.05) is 0 Å². The highest BCUT2D eigenvalue weighted by atomic mass is 79.9. The third-order valence-corrected chi connectivity index (χ3v) is 3.49. The summed E-state index contributed by atoms with van der Waals surface area (Å²) in [5, 5.41) is 20.8. The number of aromatic carboxylic acids is 1. The van der Waals surface area contributed by atoms with Crippen LogP contribution in [0.25, 0.3) is 0 Å². The molecule has 0 aliphatic rings. The van der Waals surface area contributed by atoms with Crippen LogP contribution >= 0.6 is 15.9 Å². The Balaban J connectivity index is 1.96. The minimum Gasteiger partial charge on any atom is -0.478 e. The van der Waals surface area contributed by atoms with Crippen LogP contribution in [-0.2, 0) is 6.54 Å². The monoisotopic (exact) mass is 352 g/mol. The number of hydrogen-bond acceptors (Lipinski definition) is 3. The van der Waals surface area contributed by atoms with Gasteiger partial charge in [0, 0.05) is 22.3 Å². The Hall–Kier alpha value is -2.35. The Morgan fingerprint density at radius 2 is 2.19 bits per heavy atom. The predicted octanol–water partition coefficient (Wildman–Crippen LogP) is 2.50. The molecule has 1 heterocycles. The zero-order chi connectivity index (χ0) is 15.4. The summed E-state index contributed by atoms with van der Waals surface area (Å²) in [6, 6.07) is 3.98. The van der Waals surface area contributed by atoms with E-state index in [2.05, 4.69) is 36.8 Å². The van der Waals surface area contributed by atoms with Crippen molar-refractivity contribution in [1.82, 2.24) is 15.5 Å². The van der Waals surface area contributed by atoms with Gasteiger partial charge < -0.3 is 15.7 Å². The van der Waals surface area contributed by atoms with Crippen LogP contribution in [-0.4, -0.2) is 27.3 Å². The fraction of sp³-hybridized carbons (Fsp3) is 0.154. The Bertz CT molecular complexity index is 684. The molecule has 2 amide bonds. The number of carboxylic acid groups (broad SMARTS) is 1. The fourth-order valence-corrected chi connectivity index (χ4v) is 2.12. The summed E-state index contributed by atoms with van der Waals surface area (Å²) in [4.78, 5) is 22.6. The van der Waals surface area contributed by atoms with Crippen LogP contribution in [0.4, 0.5) is 10.5 Å². The summed E-state index contributed by atoms with van der Waals surface area (Å²) in [5.74, 6) is -1.03. The highest BCUT2D eigenvalue weighted by molar-refractivity contribution is 9.10. The molecule has 0 atom stereocenters. The molecule has 0 unspecified atom stereocenters. The molecule has 0 aliphatic heterocycles. The van der Waals surface area contributed by atoms with E-state index in [-0.39, 0.29) is 11.6 Å². The molecule has 2 rings (SSSR count). The number of aromatic nitrogens is 2. The lowest BCUT2D eigenvalue weighted by Crippen LogP contribution is -2.28. The van der Waals surface area contributed by atoms with Crippen molar-refractivity contribution in [3.63, 3.8) is 0 Å². The summed E-state index contributed by atoms with van der Waals surface area (Å²) in [5.41, 5.74) is 2.41. The first kappa shape index (κ1) is 15.0. The van der Waals surface area contributed by atoms with Crippen molar-refractivity contribution in [1.29, 1.82) is 0 Å². The highest BCUT2D eigenvalue weighted by Crippen LogP contribution is 2.23. The summed E-state index contributed by atoms with van der Waals surface area (Å²) < 4.78 is 0.497. The molecule has 0 aliphatic carbocycles. The number of rotatable bonds is 4. The molecule has 0 saturated heterocycles. The maximum absolute atomic E-state index is 11.8. The first-order valence-corrected chi connectivity index (χ1v) is 6.83. The topological polar surface area (TPSA) is 107 Å². The molecule has 2 aromatic rings. The molecular weight excluding hydrogens is 340 g/mol. The Morgan fingerprint density at radius 1 is 1.43 bits per heavy atom. The number of nitrogens with zero attached hydrogens (tertiary/aromatic N) is 1. The molecule has 0 saturated carbocycles. The van der Waals surface area contributed by atoms with Crippen LogP contribution in [0.1, 0.15) is 21.6 Å². The van der Waals surface area contributed by atoms with E-state index in [9.17, 15) is 9.59 Å². The van der Waals surface area contributed by atoms with Crippen molar-refractivity contribution in [3.8, 4) is 0 Å². The number of halogens is 1. The first-order chi connectivity index (χ1) is 9.97. The number of carboxylic acids is 1. The van der Waals surface area contributed by atoms with E-state index in [1.54, 1.807) is 6.20 Å². The summed E-state index contributed by atoms with van der Waals surface area (Å²) in [6.07, 6.45) is 1.65. The number of benzene rings is 1. The third-order valence-electron chi connectivity index (χ3n) is 2.84.